The molecule has 0 heterocycles. The van der Waals surface area contributed by atoms with Crippen molar-refractivity contribution in [2.45, 2.75) is 39.0 Å². The summed E-state index contributed by atoms with van der Waals surface area (Å²) in [5, 5.41) is 0. The van der Waals surface area contributed by atoms with Gasteiger partial charge >= 0.3 is 0 Å². The molecule has 0 aliphatic carbocycles. The molecule has 0 aliphatic heterocycles. The SMILES string of the molecule is CC(C)P(=O)(C#CC(=O)c1ccccc1)C(C)C. The maximum absolute atomic E-state index is 12.6. The Bertz CT molecular complexity index is 506. The van der Waals surface area contributed by atoms with E-state index in [4.69, 9.17) is 0 Å². The van der Waals surface area contributed by atoms with Crippen molar-refractivity contribution in [2.75, 3.05) is 0 Å². The molecule has 0 atom stereocenters. The highest BCUT2D eigenvalue weighted by Crippen LogP contribution is 2.53. The molecule has 0 bridgehead atoms. The summed E-state index contributed by atoms with van der Waals surface area (Å²) in [6.07, 6.45) is 0. The van der Waals surface area contributed by atoms with E-state index in [0.29, 0.717) is 5.56 Å². The first-order chi connectivity index (χ1) is 8.38. The third-order valence-corrected chi connectivity index (χ3v) is 6.44. The Morgan fingerprint density at radius 1 is 1.06 bits per heavy atom. The minimum Gasteiger partial charge on any atom is -0.309 e. The van der Waals surface area contributed by atoms with Gasteiger partial charge in [-0.05, 0) is 11.6 Å². The van der Waals surface area contributed by atoms with Gasteiger partial charge in [0.1, 0.15) is 0 Å². The second-order valence-electron chi connectivity index (χ2n) is 4.83. The predicted octanol–water partition coefficient (Wildman–Crippen LogP) is 4.01. The molecule has 0 radical (unpaired) electrons. The number of ketones is 1. The number of hydrogen-bond acceptors (Lipinski definition) is 2. The van der Waals surface area contributed by atoms with Crippen LogP contribution in [0, 0.1) is 11.6 Å². The zero-order chi connectivity index (χ0) is 13.8. The van der Waals surface area contributed by atoms with Gasteiger partial charge in [-0.25, -0.2) is 0 Å². The van der Waals surface area contributed by atoms with Gasteiger partial charge in [0.2, 0.25) is 5.78 Å². The number of carbonyl (C=O) groups is 1. The van der Waals surface area contributed by atoms with E-state index in [9.17, 15) is 9.36 Å². The van der Waals surface area contributed by atoms with Crippen molar-refractivity contribution >= 4 is 12.9 Å². The van der Waals surface area contributed by atoms with Crippen LogP contribution in [0.15, 0.2) is 30.3 Å². The number of benzene rings is 1. The monoisotopic (exact) mass is 262 g/mol. The minimum absolute atomic E-state index is 0.0198. The van der Waals surface area contributed by atoms with Crippen LogP contribution in [0.4, 0.5) is 0 Å². The quantitative estimate of drug-likeness (QED) is 0.468. The molecule has 18 heavy (non-hydrogen) atoms. The summed E-state index contributed by atoms with van der Waals surface area (Å²) >= 11 is 0. The molecule has 0 saturated heterocycles. The van der Waals surface area contributed by atoms with Gasteiger partial charge in [0, 0.05) is 16.9 Å². The molecule has 0 fully saturated rings. The molecular formula is C15H19O2P. The summed E-state index contributed by atoms with van der Waals surface area (Å²) in [4.78, 5) is 11.8. The first kappa shape index (κ1) is 14.7. The van der Waals surface area contributed by atoms with E-state index in [-0.39, 0.29) is 17.1 Å². The molecule has 1 aromatic rings. The maximum Gasteiger partial charge on any atom is 0.236 e. The lowest BCUT2D eigenvalue weighted by atomic mass is 10.1. The van der Waals surface area contributed by atoms with Crippen LogP contribution in [0.3, 0.4) is 0 Å². The lowest BCUT2D eigenvalue weighted by Crippen LogP contribution is -2.07. The number of hydrogen-bond donors (Lipinski definition) is 0. The maximum atomic E-state index is 12.6. The van der Waals surface area contributed by atoms with Crippen LogP contribution in [0.2, 0.25) is 0 Å². The standard InChI is InChI=1S/C15H19O2P/c1-12(2)18(17,13(3)4)11-10-15(16)14-8-6-5-7-9-14/h5-9,12-13H,1-4H3. The van der Waals surface area contributed by atoms with Crippen LogP contribution in [-0.4, -0.2) is 17.1 Å². The van der Waals surface area contributed by atoms with Crippen molar-refractivity contribution in [3.63, 3.8) is 0 Å². The van der Waals surface area contributed by atoms with Gasteiger partial charge in [0.25, 0.3) is 0 Å². The van der Waals surface area contributed by atoms with E-state index < -0.39 is 7.14 Å². The Morgan fingerprint density at radius 2 is 1.56 bits per heavy atom. The Balaban J connectivity index is 3.01. The van der Waals surface area contributed by atoms with Gasteiger partial charge < -0.3 is 4.57 Å². The minimum atomic E-state index is -2.62. The molecule has 0 N–H and O–H groups in total. The van der Waals surface area contributed by atoms with Gasteiger partial charge in [0.15, 0.2) is 7.14 Å². The van der Waals surface area contributed by atoms with Gasteiger partial charge in [-0.15, -0.1) is 0 Å². The Labute approximate surface area is 109 Å². The summed E-state index contributed by atoms with van der Waals surface area (Å²) in [5.74, 6) is 2.28. The third kappa shape index (κ3) is 3.34. The molecule has 0 amide bonds. The molecule has 3 heteroatoms. The Hall–Kier alpha value is -1.32. The summed E-state index contributed by atoms with van der Waals surface area (Å²) in [5.41, 5.74) is 3.26. The van der Waals surface area contributed by atoms with E-state index in [1.807, 2.05) is 33.8 Å². The van der Waals surface area contributed by atoms with Crippen LogP contribution in [0.25, 0.3) is 0 Å². The summed E-state index contributed by atoms with van der Waals surface area (Å²) in [7, 11) is -2.62. The molecular weight excluding hydrogens is 243 g/mol. The highest BCUT2D eigenvalue weighted by Gasteiger charge is 2.28. The number of Topliss-reactive ketones (excluding diaryl/α,β-unsaturated/α-hetero) is 1. The fourth-order valence-corrected chi connectivity index (χ4v) is 3.64. The smallest absolute Gasteiger partial charge is 0.236 e. The molecule has 0 saturated carbocycles. The fraction of sp³-hybridized carbons (Fsp3) is 0.400. The average Bonchev–Trinajstić information content (AvgIpc) is 2.36. The highest BCUT2D eigenvalue weighted by atomic mass is 31.2. The predicted molar refractivity (Wildman–Crippen MR) is 76.4 cm³/mol. The van der Waals surface area contributed by atoms with Crippen LogP contribution < -0.4 is 0 Å². The summed E-state index contributed by atoms with van der Waals surface area (Å²) in [6.45, 7) is 7.57. The zero-order valence-electron chi connectivity index (χ0n) is 11.3. The van der Waals surface area contributed by atoms with E-state index in [2.05, 4.69) is 11.6 Å². The van der Waals surface area contributed by atoms with E-state index in [0.717, 1.165) is 0 Å². The Kier molecular flexibility index (Phi) is 4.93. The van der Waals surface area contributed by atoms with Gasteiger partial charge in [-0.1, -0.05) is 58.0 Å². The topological polar surface area (TPSA) is 34.1 Å². The molecule has 0 aliphatic rings. The van der Waals surface area contributed by atoms with Gasteiger partial charge in [-0.2, -0.15) is 0 Å². The zero-order valence-corrected chi connectivity index (χ0v) is 12.2. The molecule has 0 unspecified atom stereocenters. The lowest BCUT2D eigenvalue weighted by Gasteiger charge is -2.19. The second-order valence-corrected chi connectivity index (χ2v) is 8.54. The van der Waals surface area contributed by atoms with Crippen LogP contribution >= 0.6 is 7.14 Å². The van der Waals surface area contributed by atoms with Crippen LogP contribution in [0.5, 0.6) is 0 Å². The average molecular weight is 262 g/mol. The number of rotatable bonds is 3. The first-order valence-electron chi connectivity index (χ1n) is 6.10. The lowest BCUT2D eigenvalue weighted by molar-refractivity contribution is 0.105. The summed E-state index contributed by atoms with van der Waals surface area (Å²) in [6, 6.07) is 8.86. The van der Waals surface area contributed by atoms with Crippen molar-refractivity contribution in [2.24, 2.45) is 0 Å². The Morgan fingerprint density at radius 3 is 2.00 bits per heavy atom. The third-order valence-electron chi connectivity index (χ3n) is 2.91. The van der Waals surface area contributed by atoms with Crippen molar-refractivity contribution in [1.29, 1.82) is 0 Å². The van der Waals surface area contributed by atoms with Crippen LogP contribution in [-0.2, 0) is 4.57 Å². The van der Waals surface area contributed by atoms with Gasteiger partial charge in [0.05, 0.1) is 0 Å². The second kappa shape index (κ2) is 6.03. The van der Waals surface area contributed by atoms with E-state index in [1.54, 1.807) is 24.3 Å². The van der Waals surface area contributed by atoms with Crippen molar-refractivity contribution in [3.05, 3.63) is 35.9 Å². The van der Waals surface area contributed by atoms with E-state index >= 15 is 0 Å². The van der Waals surface area contributed by atoms with Crippen molar-refractivity contribution in [1.82, 2.24) is 0 Å². The molecule has 96 valence electrons. The first-order valence-corrected chi connectivity index (χ1v) is 7.94. The van der Waals surface area contributed by atoms with Crippen molar-refractivity contribution in [3.8, 4) is 11.6 Å². The van der Waals surface area contributed by atoms with Crippen molar-refractivity contribution < 1.29 is 9.36 Å². The largest absolute Gasteiger partial charge is 0.309 e. The highest BCUT2D eigenvalue weighted by molar-refractivity contribution is 7.70. The molecule has 1 rings (SSSR count). The van der Waals surface area contributed by atoms with Gasteiger partial charge in [-0.3, -0.25) is 4.79 Å². The molecule has 2 nitrogen and oxygen atoms in total. The normalized spacial score (nSPS) is 11.2. The molecule has 1 aromatic carbocycles. The molecule has 0 spiro atoms. The van der Waals surface area contributed by atoms with E-state index in [1.165, 1.54) is 0 Å². The van der Waals surface area contributed by atoms with Crippen LogP contribution in [0.1, 0.15) is 38.1 Å². The fourth-order valence-electron chi connectivity index (χ4n) is 1.65. The summed E-state index contributed by atoms with van der Waals surface area (Å²) < 4.78 is 12.6. The molecule has 0 aromatic heterocycles. The number of carbonyl (C=O) groups excluding carboxylic acids is 1.